The van der Waals surface area contributed by atoms with Gasteiger partial charge in [-0.05, 0) is 51.2 Å². The summed E-state index contributed by atoms with van der Waals surface area (Å²) in [6, 6.07) is 10.7. The Morgan fingerprint density at radius 3 is 2.26 bits per heavy atom. The van der Waals surface area contributed by atoms with Crippen molar-refractivity contribution in [1.82, 2.24) is 10.4 Å². The van der Waals surface area contributed by atoms with E-state index in [9.17, 15) is 0 Å². The van der Waals surface area contributed by atoms with Gasteiger partial charge in [0.05, 0.1) is 0 Å². The molecule has 2 heteroatoms. The van der Waals surface area contributed by atoms with Crippen molar-refractivity contribution >= 4 is 0 Å². The van der Waals surface area contributed by atoms with Crippen LogP contribution in [0.5, 0.6) is 0 Å². The summed E-state index contributed by atoms with van der Waals surface area (Å²) in [4.78, 5) is 0. The van der Waals surface area contributed by atoms with E-state index in [0.29, 0.717) is 18.1 Å². The van der Waals surface area contributed by atoms with Crippen molar-refractivity contribution in [3.63, 3.8) is 0 Å². The van der Waals surface area contributed by atoms with Gasteiger partial charge in [0.1, 0.15) is 0 Å². The van der Waals surface area contributed by atoms with E-state index < -0.39 is 0 Å². The van der Waals surface area contributed by atoms with E-state index in [-0.39, 0.29) is 0 Å². The molecular formula is C17H28N2. The van der Waals surface area contributed by atoms with Crippen LogP contribution in [0.25, 0.3) is 0 Å². The smallest absolute Gasteiger partial charge is 0.0436 e. The molecule has 19 heavy (non-hydrogen) atoms. The van der Waals surface area contributed by atoms with E-state index in [4.69, 9.17) is 0 Å². The average Bonchev–Trinajstić information content (AvgIpc) is 2.43. The van der Waals surface area contributed by atoms with Crippen molar-refractivity contribution in [3.8, 4) is 0 Å². The van der Waals surface area contributed by atoms with Gasteiger partial charge in [0, 0.05) is 18.1 Å². The zero-order valence-electron chi connectivity index (χ0n) is 12.8. The molecule has 2 nitrogen and oxygen atoms in total. The van der Waals surface area contributed by atoms with Gasteiger partial charge in [-0.15, -0.1) is 0 Å². The fourth-order valence-corrected chi connectivity index (χ4v) is 3.02. The number of nitrogens with zero attached hydrogens (tertiary/aromatic N) is 1. The summed E-state index contributed by atoms with van der Waals surface area (Å²) < 4.78 is 0. The number of aryl methyl sites for hydroxylation is 1. The summed E-state index contributed by atoms with van der Waals surface area (Å²) >= 11 is 0. The Bertz CT molecular complexity index is 375. The molecule has 0 spiro atoms. The molecule has 1 aliphatic heterocycles. The van der Waals surface area contributed by atoms with Crippen LogP contribution in [0.4, 0.5) is 0 Å². The second kappa shape index (κ2) is 6.53. The zero-order valence-corrected chi connectivity index (χ0v) is 12.8. The Hall–Kier alpha value is -0.860. The fraction of sp³-hybridized carbons (Fsp3) is 0.647. The van der Waals surface area contributed by atoms with Crippen molar-refractivity contribution in [2.24, 2.45) is 0 Å². The summed E-state index contributed by atoms with van der Waals surface area (Å²) in [5.41, 5.74) is 6.50. The SMILES string of the molecule is CCc1ccc(C(C)NN2C(C)CCCC2C)cc1. The van der Waals surface area contributed by atoms with Gasteiger partial charge in [-0.25, -0.2) is 10.4 Å². The molecule has 0 saturated carbocycles. The third kappa shape index (κ3) is 3.58. The van der Waals surface area contributed by atoms with Crippen LogP contribution in [0.15, 0.2) is 24.3 Å². The van der Waals surface area contributed by atoms with Crippen LogP contribution < -0.4 is 5.43 Å². The molecule has 1 N–H and O–H groups in total. The highest BCUT2D eigenvalue weighted by molar-refractivity contribution is 5.24. The zero-order chi connectivity index (χ0) is 13.8. The highest BCUT2D eigenvalue weighted by Gasteiger charge is 2.25. The molecule has 0 aliphatic carbocycles. The number of hydrogen-bond acceptors (Lipinski definition) is 2. The van der Waals surface area contributed by atoms with E-state index in [1.807, 2.05) is 0 Å². The number of nitrogens with one attached hydrogen (secondary N) is 1. The monoisotopic (exact) mass is 260 g/mol. The van der Waals surface area contributed by atoms with Crippen molar-refractivity contribution < 1.29 is 0 Å². The first-order valence-corrected chi connectivity index (χ1v) is 7.75. The van der Waals surface area contributed by atoms with Crippen LogP contribution in [0.1, 0.15) is 64.1 Å². The van der Waals surface area contributed by atoms with Crippen molar-refractivity contribution in [2.75, 3.05) is 0 Å². The van der Waals surface area contributed by atoms with E-state index in [1.54, 1.807) is 0 Å². The van der Waals surface area contributed by atoms with E-state index in [0.717, 1.165) is 6.42 Å². The lowest BCUT2D eigenvalue weighted by Gasteiger charge is -2.41. The summed E-state index contributed by atoms with van der Waals surface area (Å²) in [6.07, 6.45) is 5.08. The van der Waals surface area contributed by atoms with Crippen LogP contribution in [-0.2, 0) is 6.42 Å². The molecule has 3 unspecified atom stereocenters. The molecule has 1 aromatic rings. The Balaban J connectivity index is 2.00. The molecule has 1 aromatic carbocycles. The largest absolute Gasteiger partial charge is 0.247 e. The minimum absolute atomic E-state index is 0.383. The lowest BCUT2D eigenvalue weighted by molar-refractivity contribution is 0.0320. The Kier molecular flexibility index (Phi) is 5.00. The molecule has 0 amide bonds. The van der Waals surface area contributed by atoms with Crippen molar-refractivity contribution in [3.05, 3.63) is 35.4 Å². The highest BCUT2D eigenvalue weighted by Crippen LogP contribution is 2.23. The minimum atomic E-state index is 0.383. The van der Waals surface area contributed by atoms with Crippen LogP contribution in [0.3, 0.4) is 0 Å². The lowest BCUT2D eigenvalue weighted by Crippen LogP contribution is -2.52. The standard InChI is InChI=1S/C17H28N2/c1-5-16-9-11-17(12-10-16)15(4)18-19-13(2)7-6-8-14(19)3/h9-15,18H,5-8H2,1-4H3. The van der Waals surface area contributed by atoms with E-state index >= 15 is 0 Å². The highest BCUT2D eigenvalue weighted by atomic mass is 15.5. The quantitative estimate of drug-likeness (QED) is 0.877. The van der Waals surface area contributed by atoms with Gasteiger partial charge in [-0.3, -0.25) is 0 Å². The molecule has 3 atom stereocenters. The fourth-order valence-electron chi connectivity index (χ4n) is 3.02. The van der Waals surface area contributed by atoms with Gasteiger partial charge < -0.3 is 0 Å². The maximum absolute atomic E-state index is 3.71. The molecule has 1 fully saturated rings. The predicted molar refractivity (Wildman–Crippen MR) is 82.0 cm³/mol. The number of benzene rings is 1. The van der Waals surface area contributed by atoms with Gasteiger partial charge in [0.25, 0.3) is 0 Å². The second-order valence-electron chi connectivity index (χ2n) is 5.98. The van der Waals surface area contributed by atoms with Gasteiger partial charge in [0.2, 0.25) is 0 Å². The second-order valence-corrected chi connectivity index (χ2v) is 5.98. The Morgan fingerprint density at radius 2 is 1.74 bits per heavy atom. The molecule has 106 valence electrons. The first kappa shape index (κ1) is 14.5. The van der Waals surface area contributed by atoms with E-state index in [2.05, 4.69) is 62.4 Å². The molecule has 1 saturated heterocycles. The van der Waals surface area contributed by atoms with Crippen molar-refractivity contribution in [1.29, 1.82) is 0 Å². The summed E-state index contributed by atoms with van der Waals surface area (Å²) in [5.74, 6) is 0. The summed E-state index contributed by atoms with van der Waals surface area (Å²) in [6.45, 7) is 9.12. The average molecular weight is 260 g/mol. The van der Waals surface area contributed by atoms with Crippen LogP contribution in [0.2, 0.25) is 0 Å². The number of hydrazine groups is 1. The first-order chi connectivity index (χ1) is 9.11. The van der Waals surface area contributed by atoms with Crippen LogP contribution in [0, 0.1) is 0 Å². The maximum Gasteiger partial charge on any atom is 0.0436 e. The summed E-state index contributed by atoms with van der Waals surface area (Å²) in [5, 5.41) is 2.46. The van der Waals surface area contributed by atoms with Crippen molar-refractivity contribution in [2.45, 2.75) is 71.5 Å². The first-order valence-electron chi connectivity index (χ1n) is 7.75. The number of hydrogen-bond donors (Lipinski definition) is 1. The van der Waals surface area contributed by atoms with Gasteiger partial charge in [-0.2, -0.15) is 0 Å². The predicted octanol–water partition coefficient (Wildman–Crippen LogP) is 4.08. The molecule has 1 heterocycles. The number of rotatable bonds is 4. The molecule has 0 aromatic heterocycles. The lowest BCUT2D eigenvalue weighted by atomic mass is 9.99. The van der Waals surface area contributed by atoms with Gasteiger partial charge in [0.15, 0.2) is 0 Å². The topological polar surface area (TPSA) is 15.3 Å². The molecular weight excluding hydrogens is 232 g/mol. The van der Waals surface area contributed by atoms with Gasteiger partial charge >= 0.3 is 0 Å². The normalized spacial score (nSPS) is 26.3. The molecule has 0 radical (unpaired) electrons. The molecule has 0 bridgehead atoms. The Labute approximate surface area is 118 Å². The maximum atomic E-state index is 3.71. The molecule has 1 aliphatic rings. The molecule has 2 rings (SSSR count). The van der Waals surface area contributed by atoms with Crippen LogP contribution >= 0.6 is 0 Å². The summed E-state index contributed by atoms with van der Waals surface area (Å²) in [7, 11) is 0. The van der Waals surface area contributed by atoms with Gasteiger partial charge in [-0.1, -0.05) is 37.6 Å². The third-order valence-corrected chi connectivity index (χ3v) is 4.42. The third-order valence-electron chi connectivity index (χ3n) is 4.42. The van der Waals surface area contributed by atoms with Crippen LogP contribution in [-0.4, -0.2) is 17.1 Å². The minimum Gasteiger partial charge on any atom is -0.247 e. The number of piperidine rings is 1. The Morgan fingerprint density at radius 1 is 1.16 bits per heavy atom. The van der Waals surface area contributed by atoms with E-state index in [1.165, 1.54) is 30.4 Å².